The molecule has 1 aromatic rings. The van der Waals surface area contributed by atoms with E-state index in [0.29, 0.717) is 15.9 Å². The number of nitrogens with zero attached hydrogens (tertiary/aromatic N) is 2. The molecule has 27 heavy (non-hydrogen) atoms. The van der Waals surface area contributed by atoms with Gasteiger partial charge in [0.05, 0.1) is 17.5 Å². The number of carbonyl (C=O) groups excluding carboxylic acids is 1. The van der Waals surface area contributed by atoms with E-state index >= 15 is 0 Å². The topological polar surface area (TPSA) is 113 Å². The Labute approximate surface area is 165 Å². The van der Waals surface area contributed by atoms with E-state index in [1.807, 2.05) is 13.0 Å². The molecule has 1 aromatic carbocycles. The van der Waals surface area contributed by atoms with E-state index in [0.717, 1.165) is 5.56 Å². The van der Waals surface area contributed by atoms with Crippen LogP contribution in [0.2, 0.25) is 5.02 Å². The van der Waals surface area contributed by atoms with Crippen LogP contribution in [0, 0.1) is 6.92 Å². The van der Waals surface area contributed by atoms with Gasteiger partial charge in [-0.15, -0.1) is 0 Å². The maximum atomic E-state index is 12.1. The van der Waals surface area contributed by atoms with Crippen molar-refractivity contribution in [2.24, 2.45) is 4.99 Å². The quantitative estimate of drug-likeness (QED) is 0.741. The molecule has 2 aliphatic heterocycles. The Hall–Kier alpha value is -1.62. The van der Waals surface area contributed by atoms with E-state index in [4.69, 9.17) is 21.4 Å². The minimum absolute atomic E-state index is 0.0151. The number of thioether (sulfide) groups is 1. The zero-order valence-electron chi connectivity index (χ0n) is 14.3. The smallest absolute Gasteiger partial charge is 0.329 e. The third-order valence-electron chi connectivity index (χ3n) is 4.17. The Morgan fingerprint density at radius 1 is 1.37 bits per heavy atom. The number of anilines is 1. The Morgan fingerprint density at radius 2 is 2.11 bits per heavy atom. The number of aliphatic imine (C=N–C) groups is 1. The fraction of sp³-hybridized carbons (Fsp3) is 0.438. The minimum Gasteiger partial charge on any atom is -0.480 e. The zero-order chi connectivity index (χ0) is 19.8. The second kappa shape index (κ2) is 7.78. The molecule has 2 unspecified atom stereocenters. The second-order valence-corrected chi connectivity index (χ2v) is 10.1. The van der Waals surface area contributed by atoms with Gasteiger partial charge in [0, 0.05) is 16.0 Å². The van der Waals surface area contributed by atoms with E-state index in [1.54, 1.807) is 17.0 Å². The molecule has 1 N–H and O–H groups in total. The van der Waals surface area contributed by atoms with Crippen molar-refractivity contribution in [3.63, 3.8) is 0 Å². The Bertz CT molecular complexity index is 917. The lowest BCUT2D eigenvalue weighted by molar-refractivity contribution is -0.143. The number of fused-ring (bicyclic) bond motifs is 1. The van der Waals surface area contributed by atoms with Gasteiger partial charge < -0.3 is 14.7 Å². The number of sulfone groups is 1. The van der Waals surface area contributed by atoms with Crippen LogP contribution in [-0.2, 0) is 24.2 Å². The highest BCUT2D eigenvalue weighted by Crippen LogP contribution is 2.42. The summed E-state index contributed by atoms with van der Waals surface area (Å²) in [6.45, 7) is 0.805. The van der Waals surface area contributed by atoms with Gasteiger partial charge >= 0.3 is 5.97 Å². The number of hydrogen-bond donors (Lipinski definition) is 1. The number of carboxylic acids is 1. The fourth-order valence-electron chi connectivity index (χ4n) is 3.05. The molecule has 0 aliphatic carbocycles. The van der Waals surface area contributed by atoms with Crippen molar-refractivity contribution in [3.05, 3.63) is 28.8 Å². The predicted molar refractivity (Wildman–Crippen MR) is 103 cm³/mol. The summed E-state index contributed by atoms with van der Waals surface area (Å²) in [7, 11) is -3.17. The molecule has 8 nitrogen and oxygen atoms in total. The molecule has 2 fully saturated rings. The highest BCUT2D eigenvalue weighted by molar-refractivity contribution is 8.16. The number of amides is 1. The van der Waals surface area contributed by atoms with Crippen molar-refractivity contribution in [1.29, 1.82) is 0 Å². The van der Waals surface area contributed by atoms with Gasteiger partial charge in [0.2, 0.25) is 0 Å². The Kier molecular flexibility index (Phi) is 5.80. The summed E-state index contributed by atoms with van der Waals surface area (Å²) >= 11 is 7.34. The standard InChI is InChI=1S/C16H17ClN2O6S2/c1-9-2-3-10(17)4-11(9)19-12-7-27(23,24)8-13(12)26-16(19)18-14(20)5-25-6-15(21)22/h2-4,12-13H,5-8H2,1H3,(H,21,22). The van der Waals surface area contributed by atoms with E-state index in [9.17, 15) is 18.0 Å². The van der Waals surface area contributed by atoms with Gasteiger partial charge in [0.1, 0.15) is 13.2 Å². The number of aliphatic carboxylic acids is 1. The Morgan fingerprint density at radius 3 is 2.81 bits per heavy atom. The normalized spacial score (nSPS) is 25.0. The first-order valence-electron chi connectivity index (χ1n) is 8.00. The van der Waals surface area contributed by atoms with Crippen molar-refractivity contribution in [2.45, 2.75) is 18.2 Å². The number of carboxylic acid groups (broad SMARTS) is 1. The summed E-state index contributed by atoms with van der Waals surface area (Å²) in [6, 6.07) is 4.91. The van der Waals surface area contributed by atoms with Crippen LogP contribution in [0.15, 0.2) is 23.2 Å². The highest BCUT2D eigenvalue weighted by Gasteiger charge is 2.49. The first-order chi connectivity index (χ1) is 12.7. The van der Waals surface area contributed by atoms with Crippen LogP contribution in [0.3, 0.4) is 0 Å². The maximum Gasteiger partial charge on any atom is 0.329 e. The van der Waals surface area contributed by atoms with Crippen molar-refractivity contribution in [3.8, 4) is 0 Å². The minimum atomic E-state index is -3.17. The van der Waals surface area contributed by atoms with Crippen LogP contribution in [0.1, 0.15) is 5.56 Å². The van der Waals surface area contributed by atoms with Gasteiger partial charge in [0.25, 0.3) is 5.91 Å². The van der Waals surface area contributed by atoms with Gasteiger partial charge in [-0.3, -0.25) is 4.79 Å². The zero-order valence-corrected chi connectivity index (χ0v) is 16.7. The molecule has 3 rings (SSSR count). The average molecular weight is 433 g/mol. The van der Waals surface area contributed by atoms with Crippen molar-refractivity contribution >= 4 is 55.9 Å². The summed E-state index contributed by atoms with van der Waals surface area (Å²) in [5, 5.41) is 9.18. The first-order valence-corrected chi connectivity index (χ1v) is 11.1. The fourth-order valence-corrected chi connectivity index (χ4v) is 7.14. The summed E-state index contributed by atoms with van der Waals surface area (Å²) in [4.78, 5) is 28.3. The van der Waals surface area contributed by atoms with Crippen LogP contribution in [-0.4, -0.2) is 66.6 Å². The van der Waals surface area contributed by atoms with Crippen LogP contribution in [0.5, 0.6) is 0 Å². The molecular weight excluding hydrogens is 416 g/mol. The largest absolute Gasteiger partial charge is 0.480 e. The lowest BCUT2D eigenvalue weighted by atomic mass is 10.1. The molecule has 0 radical (unpaired) electrons. The number of aryl methyl sites for hydroxylation is 1. The summed E-state index contributed by atoms with van der Waals surface area (Å²) in [6.07, 6.45) is 0. The maximum absolute atomic E-state index is 12.1. The molecule has 2 heterocycles. The van der Waals surface area contributed by atoms with Gasteiger partial charge in [-0.1, -0.05) is 29.4 Å². The predicted octanol–water partition coefficient (Wildman–Crippen LogP) is 1.35. The van der Waals surface area contributed by atoms with Gasteiger partial charge in [0.15, 0.2) is 15.0 Å². The van der Waals surface area contributed by atoms with Gasteiger partial charge in [-0.05, 0) is 24.6 Å². The van der Waals surface area contributed by atoms with E-state index < -0.39 is 34.9 Å². The molecule has 1 amide bonds. The number of rotatable bonds is 5. The molecule has 0 spiro atoms. The van der Waals surface area contributed by atoms with Crippen molar-refractivity contribution in [2.75, 3.05) is 29.6 Å². The molecule has 0 saturated carbocycles. The highest BCUT2D eigenvalue weighted by atomic mass is 35.5. The van der Waals surface area contributed by atoms with E-state index in [1.165, 1.54) is 11.8 Å². The van der Waals surface area contributed by atoms with Crippen molar-refractivity contribution in [1.82, 2.24) is 0 Å². The Balaban J connectivity index is 1.91. The summed E-state index contributed by atoms with van der Waals surface area (Å²) in [5.74, 6) is -1.83. The summed E-state index contributed by atoms with van der Waals surface area (Å²) in [5.41, 5.74) is 1.56. The van der Waals surface area contributed by atoms with Gasteiger partial charge in [-0.2, -0.15) is 4.99 Å². The third kappa shape index (κ3) is 4.63. The molecule has 2 saturated heterocycles. The number of amidine groups is 1. The number of carbonyl (C=O) groups is 2. The lowest BCUT2D eigenvalue weighted by Crippen LogP contribution is -2.38. The van der Waals surface area contributed by atoms with Gasteiger partial charge in [-0.25, -0.2) is 13.2 Å². The van der Waals surface area contributed by atoms with Crippen LogP contribution >= 0.6 is 23.4 Å². The second-order valence-electron chi connectivity index (χ2n) is 6.28. The average Bonchev–Trinajstić information content (AvgIpc) is 3.00. The SMILES string of the molecule is Cc1ccc(Cl)cc1N1C(=NC(=O)COCC(=O)O)SC2CS(=O)(=O)CC21. The van der Waals surface area contributed by atoms with Crippen molar-refractivity contribution < 1.29 is 27.9 Å². The van der Waals surface area contributed by atoms with Crippen LogP contribution in [0.4, 0.5) is 5.69 Å². The summed E-state index contributed by atoms with van der Waals surface area (Å²) < 4.78 is 28.9. The molecule has 2 aliphatic rings. The van der Waals surface area contributed by atoms with Crippen LogP contribution in [0.25, 0.3) is 0 Å². The monoisotopic (exact) mass is 432 g/mol. The molecule has 0 bridgehead atoms. The third-order valence-corrected chi connectivity index (χ3v) is 7.61. The number of hydrogen-bond acceptors (Lipinski definition) is 6. The lowest BCUT2D eigenvalue weighted by Gasteiger charge is -2.26. The number of benzene rings is 1. The van der Waals surface area contributed by atoms with E-state index in [-0.39, 0.29) is 22.8 Å². The first kappa shape index (κ1) is 20.1. The molecule has 11 heteroatoms. The number of halogens is 1. The molecular formula is C16H17ClN2O6S2. The molecule has 2 atom stereocenters. The number of ether oxygens (including phenoxy) is 1. The van der Waals surface area contributed by atoms with E-state index in [2.05, 4.69) is 4.99 Å². The molecule has 0 aromatic heterocycles. The van der Waals surface area contributed by atoms with Crippen LogP contribution < -0.4 is 4.90 Å². The molecule has 146 valence electrons.